The Balaban J connectivity index is 2.29. The Kier molecular flexibility index (Phi) is 3.84. The molecular weight excluding hydrogens is 280 g/mol. The highest BCUT2D eigenvalue weighted by Gasteiger charge is 2.39. The number of benzene rings is 1. The van der Waals surface area contributed by atoms with Crippen LogP contribution in [0.3, 0.4) is 0 Å². The first-order valence-electron chi connectivity index (χ1n) is 5.93. The lowest BCUT2D eigenvalue weighted by Crippen LogP contribution is -2.26. The molecule has 0 amide bonds. The van der Waals surface area contributed by atoms with Crippen molar-refractivity contribution in [1.29, 1.82) is 0 Å². The summed E-state index contributed by atoms with van der Waals surface area (Å²) in [6.45, 7) is 1.85. The van der Waals surface area contributed by atoms with Gasteiger partial charge in [-0.15, -0.1) is 0 Å². The van der Waals surface area contributed by atoms with Gasteiger partial charge in [0.15, 0.2) is 0 Å². The molecule has 1 aromatic carbocycles. The lowest BCUT2D eigenvalue weighted by Gasteiger charge is -2.29. The van der Waals surface area contributed by atoms with Crippen LogP contribution in [0.25, 0.3) is 0 Å². The van der Waals surface area contributed by atoms with Crippen LogP contribution in [0, 0.1) is 5.82 Å². The average molecular weight is 294 g/mol. The predicted molar refractivity (Wildman–Crippen MR) is 66.5 cm³/mol. The fourth-order valence-corrected chi connectivity index (χ4v) is 3.64. The summed E-state index contributed by atoms with van der Waals surface area (Å²) in [6.07, 6.45) is -3.96. The second-order valence-electron chi connectivity index (χ2n) is 4.90. The summed E-state index contributed by atoms with van der Waals surface area (Å²) in [6, 6.07) is 2.63. The van der Waals surface area contributed by atoms with Crippen molar-refractivity contribution in [3.8, 4) is 0 Å². The van der Waals surface area contributed by atoms with Crippen molar-refractivity contribution < 1.29 is 22.7 Å². The highest BCUT2D eigenvalue weighted by atomic mass is 32.2. The van der Waals surface area contributed by atoms with Gasteiger partial charge in [-0.05, 0) is 43.2 Å². The van der Waals surface area contributed by atoms with E-state index in [-0.39, 0.29) is 5.56 Å². The minimum atomic E-state index is -4.71. The zero-order valence-electron chi connectivity index (χ0n) is 10.3. The molecule has 1 nitrogen and oxygen atoms in total. The molecule has 2 atom stereocenters. The van der Waals surface area contributed by atoms with E-state index in [0.717, 1.165) is 30.7 Å². The molecule has 0 radical (unpaired) electrons. The van der Waals surface area contributed by atoms with E-state index in [0.29, 0.717) is 6.07 Å². The fraction of sp³-hybridized carbons (Fsp3) is 0.538. The molecule has 0 aliphatic carbocycles. The van der Waals surface area contributed by atoms with Crippen molar-refractivity contribution in [2.24, 2.45) is 0 Å². The first-order valence-corrected chi connectivity index (χ1v) is 6.91. The van der Waals surface area contributed by atoms with Gasteiger partial charge < -0.3 is 5.11 Å². The highest BCUT2D eigenvalue weighted by Crippen LogP contribution is 2.47. The minimum absolute atomic E-state index is 0.197. The number of alkyl halides is 3. The maximum Gasteiger partial charge on any atom is 0.419 e. The standard InChI is InChI=1S/C13H14F4OS/c1-12(5-2-6-19-12)11(18)8-3-4-9(10(14)7-8)13(15,16)17/h3-4,7,11,18H,2,5-6H2,1H3. The number of thioether (sulfide) groups is 1. The second kappa shape index (κ2) is 4.98. The summed E-state index contributed by atoms with van der Waals surface area (Å²) in [5.74, 6) is -0.438. The van der Waals surface area contributed by atoms with Gasteiger partial charge in [0.1, 0.15) is 5.82 Å². The molecule has 1 aliphatic rings. The Bertz CT molecular complexity index is 466. The van der Waals surface area contributed by atoms with Crippen LogP contribution in [0.2, 0.25) is 0 Å². The Morgan fingerprint density at radius 3 is 2.53 bits per heavy atom. The smallest absolute Gasteiger partial charge is 0.387 e. The third-order valence-electron chi connectivity index (χ3n) is 3.44. The van der Waals surface area contributed by atoms with Crippen LogP contribution in [0.4, 0.5) is 17.6 Å². The van der Waals surface area contributed by atoms with Crippen LogP contribution in [0.5, 0.6) is 0 Å². The van der Waals surface area contributed by atoms with Crippen molar-refractivity contribution in [2.75, 3.05) is 5.75 Å². The van der Waals surface area contributed by atoms with Crippen LogP contribution in [0.1, 0.15) is 37.0 Å². The zero-order valence-corrected chi connectivity index (χ0v) is 11.1. The first-order chi connectivity index (χ1) is 8.74. The lowest BCUT2D eigenvalue weighted by molar-refractivity contribution is -0.140. The van der Waals surface area contributed by atoms with Gasteiger partial charge in [-0.25, -0.2) is 4.39 Å². The van der Waals surface area contributed by atoms with Crippen LogP contribution >= 0.6 is 11.8 Å². The normalized spacial score (nSPS) is 25.6. The first kappa shape index (κ1) is 14.7. The summed E-state index contributed by atoms with van der Waals surface area (Å²) in [7, 11) is 0. The maximum atomic E-state index is 13.5. The van der Waals surface area contributed by atoms with Gasteiger partial charge in [0.05, 0.1) is 11.7 Å². The molecule has 106 valence electrons. The van der Waals surface area contributed by atoms with E-state index in [4.69, 9.17) is 0 Å². The van der Waals surface area contributed by atoms with E-state index >= 15 is 0 Å². The van der Waals surface area contributed by atoms with Crippen LogP contribution < -0.4 is 0 Å². The average Bonchev–Trinajstić information content (AvgIpc) is 2.74. The van der Waals surface area contributed by atoms with Crippen molar-refractivity contribution in [3.05, 3.63) is 35.1 Å². The Labute approximate surface area is 113 Å². The van der Waals surface area contributed by atoms with E-state index in [1.807, 2.05) is 6.92 Å². The van der Waals surface area contributed by atoms with E-state index < -0.39 is 28.4 Å². The predicted octanol–water partition coefficient (Wildman–Crippen LogP) is 4.16. The van der Waals surface area contributed by atoms with Crippen LogP contribution in [-0.4, -0.2) is 15.6 Å². The maximum absolute atomic E-state index is 13.5. The third-order valence-corrected chi connectivity index (χ3v) is 5.02. The van der Waals surface area contributed by atoms with Gasteiger partial charge in [-0.1, -0.05) is 6.07 Å². The summed E-state index contributed by atoms with van der Waals surface area (Å²) in [5.41, 5.74) is -1.10. The topological polar surface area (TPSA) is 20.2 Å². The molecule has 2 unspecified atom stereocenters. The fourth-order valence-electron chi connectivity index (χ4n) is 2.30. The molecule has 0 bridgehead atoms. The molecule has 6 heteroatoms. The van der Waals surface area contributed by atoms with Crippen molar-refractivity contribution >= 4 is 11.8 Å². The molecule has 19 heavy (non-hydrogen) atoms. The molecular formula is C13H14F4OS. The second-order valence-corrected chi connectivity index (χ2v) is 6.53. The van der Waals surface area contributed by atoms with Gasteiger partial charge in [0.2, 0.25) is 0 Å². The lowest BCUT2D eigenvalue weighted by atomic mass is 9.92. The van der Waals surface area contributed by atoms with Gasteiger partial charge >= 0.3 is 6.18 Å². The summed E-state index contributed by atoms with van der Waals surface area (Å²) < 4.78 is 50.4. The molecule has 0 spiro atoms. The van der Waals surface area contributed by atoms with Crippen molar-refractivity contribution in [3.63, 3.8) is 0 Å². The number of rotatable bonds is 2. The molecule has 2 rings (SSSR count). The molecule has 1 N–H and O–H groups in total. The molecule has 1 aromatic rings. The summed E-state index contributed by atoms with van der Waals surface area (Å²) >= 11 is 1.57. The SMILES string of the molecule is CC1(C(O)c2ccc(C(F)(F)F)c(F)c2)CCCS1. The van der Waals surface area contributed by atoms with Crippen LogP contribution in [-0.2, 0) is 6.18 Å². The largest absolute Gasteiger partial charge is 0.419 e. The van der Waals surface area contributed by atoms with Crippen molar-refractivity contribution in [1.82, 2.24) is 0 Å². The monoisotopic (exact) mass is 294 g/mol. The highest BCUT2D eigenvalue weighted by molar-refractivity contribution is 8.00. The molecule has 0 aromatic heterocycles. The van der Waals surface area contributed by atoms with E-state index in [2.05, 4.69) is 0 Å². The number of aliphatic hydroxyl groups excluding tert-OH is 1. The molecule has 1 aliphatic heterocycles. The van der Waals surface area contributed by atoms with E-state index in [1.54, 1.807) is 11.8 Å². The molecule has 0 saturated carbocycles. The number of aliphatic hydroxyl groups is 1. The van der Waals surface area contributed by atoms with Gasteiger partial charge in [0, 0.05) is 4.75 Å². The minimum Gasteiger partial charge on any atom is -0.387 e. The van der Waals surface area contributed by atoms with E-state index in [1.165, 1.54) is 0 Å². The molecule has 1 heterocycles. The number of hydrogen-bond acceptors (Lipinski definition) is 2. The number of hydrogen-bond donors (Lipinski definition) is 1. The van der Waals surface area contributed by atoms with Gasteiger partial charge in [-0.3, -0.25) is 0 Å². The molecule has 1 fully saturated rings. The van der Waals surface area contributed by atoms with Crippen molar-refractivity contribution in [2.45, 2.75) is 36.8 Å². The summed E-state index contributed by atoms with van der Waals surface area (Å²) in [5, 5.41) is 10.2. The Morgan fingerprint density at radius 2 is 2.05 bits per heavy atom. The van der Waals surface area contributed by atoms with Crippen LogP contribution in [0.15, 0.2) is 18.2 Å². The third kappa shape index (κ3) is 2.89. The molecule has 1 saturated heterocycles. The number of halogens is 4. The Morgan fingerprint density at radius 1 is 1.37 bits per heavy atom. The zero-order chi connectivity index (χ0) is 14.3. The van der Waals surface area contributed by atoms with Gasteiger partial charge in [0.25, 0.3) is 0 Å². The quantitative estimate of drug-likeness (QED) is 0.826. The summed E-state index contributed by atoms with van der Waals surface area (Å²) in [4.78, 5) is 0. The van der Waals surface area contributed by atoms with E-state index in [9.17, 15) is 22.7 Å². The Hall–Kier alpha value is -0.750. The van der Waals surface area contributed by atoms with Gasteiger partial charge in [-0.2, -0.15) is 24.9 Å².